The van der Waals surface area contributed by atoms with E-state index in [9.17, 15) is 18.0 Å². The van der Waals surface area contributed by atoms with E-state index in [4.69, 9.17) is 23.2 Å². The lowest BCUT2D eigenvalue weighted by Gasteiger charge is -2.34. The van der Waals surface area contributed by atoms with E-state index in [-0.39, 0.29) is 35.5 Å². The van der Waals surface area contributed by atoms with Gasteiger partial charge in [-0.1, -0.05) is 96.9 Å². The number of nitrogens with one attached hydrogen (secondary N) is 1. The standard InChI is InChI=1S/C34H35Cl2N3O4S/c1-3-25(2)37-34(41)32(21-26-11-6-4-7-12-26)38(23-27-17-19-28(35)20-18-27)33(40)24-39(30-14-10-13-29(36)22-30)44(42,43)31-15-8-5-9-16-31/h4-20,22,25,32H,3,21,23-24H2,1-2H3,(H,37,41)/t25-,32+/m1/s1. The summed E-state index contributed by atoms with van der Waals surface area (Å²) in [5.74, 6) is -0.884. The fraction of sp³-hybridized carbons (Fsp3) is 0.235. The van der Waals surface area contributed by atoms with Crippen LogP contribution < -0.4 is 9.62 Å². The summed E-state index contributed by atoms with van der Waals surface area (Å²) in [6, 6.07) is 29.6. The van der Waals surface area contributed by atoms with Gasteiger partial charge >= 0.3 is 0 Å². The molecular formula is C34H35Cl2N3O4S. The number of carbonyl (C=O) groups is 2. The molecule has 0 bridgehead atoms. The average molecular weight is 653 g/mol. The number of rotatable bonds is 13. The predicted molar refractivity (Wildman–Crippen MR) is 176 cm³/mol. The van der Waals surface area contributed by atoms with E-state index in [1.165, 1.54) is 23.1 Å². The molecule has 44 heavy (non-hydrogen) atoms. The van der Waals surface area contributed by atoms with E-state index in [0.29, 0.717) is 16.5 Å². The molecule has 7 nitrogen and oxygen atoms in total. The number of hydrogen-bond donors (Lipinski definition) is 1. The fourth-order valence-corrected chi connectivity index (χ4v) is 6.40. The Morgan fingerprint density at radius 2 is 1.43 bits per heavy atom. The Morgan fingerprint density at radius 3 is 2.05 bits per heavy atom. The van der Waals surface area contributed by atoms with Crippen molar-refractivity contribution >= 4 is 50.7 Å². The van der Waals surface area contributed by atoms with E-state index in [1.54, 1.807) is 60.7 Å². The highest BCUT2D eigenvalue weighted by atomic mass is 35.5. The van der Waals surface area contributed by atoms with Crippen LogP contribution in [0.4, 0.5) is 5.69 Å². The van der Waals surface area contributed by atoms with Gasteiger partial charge in [-0.15, -0.1) is 0 Å². The van der Waals surface area contributed by atoms with Crippen LogP contribution in [0.25, 0.3) is 0 Å². The van der Waals surface area contributed by atoms with Crippen molar-refractivity contribution < 1.29 is 18.0 Å². The summed E-state index contributed by atoms with van der Waals surface area (Å²) in [5.41, 5.74) is 1.82. The molecule has 0 radical (unpaired) electrons. The van der Waals surface area contributed by atoms with Gasteiger partial charge in [-0.2, -0.15) is 0 Å². The molecule has 0 unspecified atom stereocenters. The van der Waals surface area contributed by atoms with Crippen molar-refractivity contribution in [1.29, 1.82) is 0 Å². The molecule has 0 aromatic heterocycles. The van der Waals surface area contributed by atoms with Crippen LogP contribution in [-0.2, 0) is 32.6 Å². The Morgan fingerprint density at radius 1 is 0.795 bits per heavy atom. The molecule has 10 heteroatoms. The normalized spacial score (nSPS) is 12.6. The molecule has 2 atom stereocenters. The van der Waals surface area contributed by atoms with Crippen LogP contribution in [0.3, 0.4) is 0 Å². The third-order valence-electron chi connectivity index (χ3n) is 7.24. The fourth-order valence-electron chi connectivity index (χ4n) is 4.66. The van der Waals surface area contributed by atoms with E-state index >= 15 is 0 Å². The smallest absolute Gasteiger partial charge is 0.264 e. The summed E-state index contributed by atoms with van der Waals surface area (Å²) in [6.07, 6.45) is 0.928. The monoisotopic (exact) mass is 651 g/mol. The second-order valence-electron chi connectivity index (χ2n) is 10.5. The highest BCUT2D eigenvalue weighted by Crippen LogP contribution is 2.27. The topological polar surface area (TPSA) is 86.8 Å². The van der Waals surface area contributed by atoms with Crippen molar-refractivity contribution in [2.45, 2.75) is 50.2 Å². The number of halogens is 2. The Kier molecular flexibility index (Phi) is 11.4. The number of benzene rings is 4. The van der Waals surface area contributed by atoms with Gasteiger partial charge in [0.25, 0.3) is 10.0 Å². The van der Waals surface area contributed by atoms with Crippen LogP contribution in [0.2, 0.25) is 10.0 Å². The summed E-state index contributed by atoms with van der Waals surface area (Å²) >= 11 is 12.4. The van der Waals surface area contributed by atoms with E-state index in [1.807, 2.05) is 44.2 Å². The first-order chi connectivity index (χ1) is 21.1. The van der Waals surface area contributed by atoms with Gasteiger partial charge in [-0.25, -0.2) is 8.42 Å². The third-order valence-corrected chi connectivity index (χ3v) is 9.52. The minimum absolute atomic E-state index is 0.0207. The highest BCUT2D eigenvalue weighted by molar-refractivity contribution is 7.92. The first-order valence-corrected chi connectivity index (χ1v) is 16.5. The Bertz CT molecular complexity index is 1650. The van der Waals surface area contributed by atoms with Crippen molar-refractivity contribution in [3.8, 4) is 0 Å². The number of nitrogens with zero attached hydrogens (tertiary/aromatic N) is 2. The molecule has 0 saturated heterocycles. The summed E-state index contributed by atoms with van der Waals surface area (Å²) in [4.78, 5) is 29.8. The van der Waals surface area contributed by atoms with Gasteiger partial charge in [0, 0.05) is 29.1 Å². The average Bonchev–Trinajstić information content (AvgIpc) is 3.03. The predicted octanol–water partition coefficient (Wildman–Crippen LogP) is 6.74. The maximum Gasteiger partial charge on any atom is 0.264 e. The van der Waals surface area contributed by atoms with Crippen LogP contribution in [0.5, 0.6) is 0 Å². The molecule has 230 valence electrons. The van der Waals surface area contributed by atoms with Crippen LogP contribution in [0.15, 0.2) is 114 Å². The number of amides is 2. The largest absolute Gasteiger partial charge is 0.352 e. The van der Waals surface area contributed by atoms with E-state index in [0.717, 1.165) is 15.4 Å². The van der Waals surface area contributed by atoms with Gasteiger partial charge in [0.15, 0.2) is 0 Å². The van der Waals surface area contributed by atoms with Crippen LogP contribution in [-0.4, -0.2) is 43.8 Å². The molecule has 1 N–H and O–H groups in total. The molecular weight excluding hydrogens is 617 g/mol. The summed E-state index contributed by atoms with van der Waals surface area (Å²) in [6.45, 7) is 3.35. The maximum atomic E-state index is 14.4. The first-order valence-electron chi connectivity index (χ1n) is 14.3. The van der Waals surface area contributed by atoms with Crippen LogP contribution in [0, 0.1) is 0 Å². The molecule has 0 saturated carbocycles. The second-order valence-corrected chi connectivity index (χ2v) is 13.2. The number of anilines is 1. The molecule has 0 spiro atoms. The number of sulfonamides is 1. The van der Waals surface area contributed by atoms with Crippen molar-refractivity contribution in [2.24, 2.45) is 0 Å². The molecule has 2 amide bonds. The van der Waals surface area contributed by atoms with E-state index in [2.05, 4.69) is 5.32 Å². The maximum absolute atomic E-state index is 14.4. The van der Waals surface area contributed by atoms with Crippen molar-refractivity contribution in [3.05, 3.63) is 130 Å². The zero-order valence-corrected chi connectivity index (χ0v) is 26.9. The SMILES string of the molecule is CC[C@@H](C)NC(=O)[C@H](Cc1ccccc1)N(Cc1ccc(Cl)cc1)C(=O)CN(c1cccc(Cl)c1)S(=O)(=O)c1ccccc1. The number of hydrogen-bond acceptors (Lipinski definition) is 4. The minimum atomic E-state index is -4.20. The van der Waals surface area contributed by atoms with E-state index < -0.39 is 28.5 Å². The quantitative estimate of drug-likeness (QED) is 0.173. The van der Waals surface area contributed by atoms with Crippen LogP contribution >= 0.6 is 23.2 Å². The Hall–Kier alpha value is -3.85. The summed E-state index contributed by atoms with van der Waals surface area (Å²) in [7, 11) is -4.20. The molecule has 0 aliphatic rings. The molecule has 0 fully saturated rings. The summed E-state index contributed by atoms with van der Waals surface area (Å²) < 4.78 is 29.0. The van der Waals surface area contributed by atoms with Crippen molar-refractivity contribution in [2.75, 3.05) is 10.8 Å². The first kappa shape index (κ1) is 33.1. The van der Waals surface area contributed by atoms with Gasteiger partial charge in [-0.05, 0) is 66.9 Å². The molecule has 4 aromatic rings. The summed E-state index contributed by atoms with van der Waals surface area (Å²) in [5, 5.41) is 3.87. The van der Waals surface area contributed by atoms with Crippen LogP contribution in [0.1, 0.15) is 31.4 Å². The lowest BCUT2D eigenvalue weighted by molar-refractivity contribution is -0.140. The second kappa shape index (κ2) is 15.2. The van der Waals surface area contributed by atoms with Gasteiger partial charge < -0.3 is 10.2 Å². The lowest BCUT2D eigenvalue weighted by Crippen LogP contribution is -2.54. The molecule has 0 aliphatic heterocycles. The highest BCUT2D eigenvalue weighted by Gasteiger charge is 2.35. The minimum Gasteiger partial charge on any atom is -0.352 e. The molecule has 4 aromatic carbocycles. The third kappa shape index (κ3) is 8.62. The zero-order valence-electron chi connectivity index (χ0n) is 24.6. The van der Waals surface area contributed by atoms with Gasteiger partial charge in [0.05, 0.1) is 10.6 Å². The van der Waals surface area contributed by atoms with Crippen molar-refractivity contribution in [1.82, 2.24) is 10.2 Å². The van der Waals surface area contributed by atoms with Gasteiger partial charge in [0.2, 0.25) is 11.8 Å². The Labute approximate surface area is 269 Å². The molecule has 0 heterocycles. The molecule has 4 rings (SSSR count). The van der Waals surface area contributed by atoms with Gasteiger partial charge in [-0.3, -0.25) is 13.9 Å². The lowest BCUT2D eigenvalue weighted by atomic mass is 10.0. The number of carbonyl (C=O) groups excluding carboxylic acids is 2. The Balaban J connectivity index is 1.80. The zero-order chi connectivity index (χ0) is 31.7. The molecule has 0 aliphatic carbocycles. The van der Waals surface area contributed by atoms with Crippen molar-refractivity contribution in [3.63, 3.8) is 0 Å². The van der Waals surface area contributed by atoms with Gasteiger partial charge in [0.1, 0.15) is 12.6 Å².